The normalized spacial score (nSPS) is 11.6. The van der Waals surface area contributed by atoms with Crippen molar-refractivity contribution in [1.82, 2.24) is 0 Å². The molecule has 0 bridgehead atoms. The van der Waals surface area contributed by atoms with Crippen molar-refractivity contribution in [3.63, 3.8) is 0 Å². The van der Waals surface area contributed by atoms with Crippen molar-refractivity contribution in [2.24, 2.45) is 0 Å². The molecule has 0 aromatic carbocycles. The van der Waals surface area contributed by atoms with Crippen LogP contribution in [0, 0.1) is 0 Å². The average Bonchev–Trinajstić information content (AvgIpc) is 2.79. The van der Waals surface area contributed by atoms with Crippen molar-refractivity contribution in [3.05, 3.63) is 22.4 Å². The third-order valence-electron chi connectivity index (χ3n) is 2.20. The molecule has 6 heteroatoms. The van der Waals surface area contributed by atoms with Gasteiger partial charge in [0.1, 0.15) is 11.9 Å². The number of thiophene rings is 1. The summed E-state index contributed by atoms with van der Waals surface area (Å²) >= 11 is 1.60. The number of Topliss-reactive ketones (excluding diaryl/α,β-unsaturated/α-hetero) is 1. The fourth-order valence-electron chi connectivity index (χ4n) is 1.22. The SMILES string of the molecule is COP(=O)(CC(=O)CCc1ccsc1)OC. The van der Waals surface area contributed by atoms with Crippen LogP contribution in [0.4, 0.5) is 0 Å². The molecule has 0 aliphatic heterocycles. The summed E-state index contributed by atoms with van der Waals surface area (Å²) in [4.78, 5) is 11.5. The number of ketones is 1. The average molecular weight is 262 g/mol. The van der Waals surface area contributed by atoms with Gasteiger partial charge in [-0.3, -0.25) is 9.36 Å². The van der Waals surface area contributed by atoms with E-state index in [2.05, 4.69) is 0 Å². The molecule has 0 amide bonds. The maximum atomic E-state index is 11.7. The molecule has 0 unspecified atom stereocenters. The highest BCUT2D eigenvalue weighted by atomic mass is 32.1. The van der Waals surface area contributed by atoms with E-state index in [0.717, 1.165) is 5.56 Å². The molecule has 0 aliphatic rings. The predicted octanol–water partition coefficient (Wildman–Crippen LogP) is 2.74. The van der Waals surface area contributed by atoms with E-state index in [1.807, 2.05) is 16.8 Å². The first-order valence-corrected chi connectivity index (χ1v) is 7.50. The molecule has 0 saturated carbocycles. The van der Waals surface area contributed by atoms with Gasteiger partial charge in [0.05, 0.1) is 0 Å². The summed E-state index contributed by atoms with van der Waals surface area (Å²) in [6, 6.07) is 1.98. The molecule has 0 N–H and O–H groups in total. The molecule has 1 rings (SSSR count). The van der Waals surface area contributed by atoms with Crippen LogP contribution in [0.5, 0.6) is 0 Å². The second-order valence-corrected chi connectivity index (χ2v) is 6.35. The summed E-state index contributed by atoms with van der Waals surface area (Å²) in [5.41, 5.74) is 1.13. The third-order valence-corrected chi connectivity index (χ3v) is 4.78. The smallest absolute Gasteiger partial charge is 0.312 e. The molecule has 16 heavy (non-hydrogen) atoms. The fraction of sp³-hybridized carbons (Fsp3) is 0.500. The van der Waals surface area contributed by atoms with Crippen LogP contribution in [0.2, 0.25) is 0 Å². The first-order valence-electron chi connectivity index (χ1n) is 4.83. The summed E-state index contributed by atoms with van der Waals surface area (Å²) < 4.78 is 21.1. The van der Waals surface area contributed by atoms with Gasteiger partial charge in [0.15, 0.2) is 0 Å². The molecule has 0 atom stereocenters. The minimum Gasteiger partial charge on any atom is -0.312 e. The monoisotopic (exact) mass is 262 g/mol. The van der Waals surface area contributed by atoms with Crippen molar-refractivity contribution in [1.29, 1.82) is 0 Å². The Bertz CT molecular complexity index is 366. The molecule has 1 aromatic heterocycles. The third kappa shape index (κ3) is 4.18. The second-order valence-electron chi connectivity index (χ2n) is 3.30. The Morgan fingerprint density at radius 3 is 2.62 bits per heavy atom. The van der Waals surface area contributed by atoms with E-state index in [-0.39, 0.29) is 11.9 Å². The quantitative estimate of drug-likeness (QED) is 0.709. The summed E-state index contributed by atoms with van der Waals surface area (Å²) in [5.74, 6) is -0.0989. The Labute approximate surface area is 99.1 Å². The maximum absolute atomic E-state index is 11.7. The van der Waals surface area contributed by atoms with Crippen LogP contribution >= 0.6 is 18.9 Å². The highest BCUT2D eigenvalue weighted by molar-refractivity contribution is 7.54. The van der Waals surface area contributed by atoms with E-state index in [0.29, 0.717) is 12.8 Å². The van der Waals surface area contributed by atoms with Crippen LogP contribution in [0.15, 0.2) is 16.8 Å². The van der Waals surface area contributed by atoms with Crippen molar-refractivity contribution in [2.75, 3.05) is 20.4 Å². The first-order chi connectivity index (χ1) is 7.59. The zero-order valence-corrected chi connectivity index (χ0v) is 11.1. The summed E-state index contributed by atoms with van der Waals surface area (Å²) in [5, 5.41) is 3.97. The molecule has 0 aliphatic carbocycles. The molecule has 1 heterocycles. The second kappa shape index (κ2) is 6.30. The zero-order chi connectivity index (χ0) is 12.0. The highest BCUT2D eigenvalue weighted by Crippen LogP contribution is 2.46. The molecule has 4 nitrogen and oxygen atoms in total. The van der Waals surface area contributed by atoms with Gasteiger partial charge in [0.2, 0.25) is 0 Å². The lowest BCUT2D eigenvalue weighted by molar-refractivity contribution is -0.116. The maximum Gasteiger partial charge on any atom is 0.337 e. The van der Waals surface area contributed by atoms with Gasteiger partial charge in [-0.2, -0.15) is 11.3 Å². The summed E-state index contributed by atoms with van der Waals surface area (Å²) in [7, 11) is -0.614. The van der Waals surface area contributed by atoms with Gasteiger partial charge in [-0.05, 0) is 28.8 Å². The van der Waals surface area contributed by atoms with Crippen LogP contribution in [0.25, 0.3) is 0 Å². The van der Waals surface area contributed by atoms with Crippen LogP contribution in [0.3, 0.4) is 0 Å². The number of carbonyl (C=O) groups excluding carboxylic acids is 1. The molecular weight excluding hydrogens is 247 g/mol. The van der Waals surface area contributed by atoms with Crippen LogP contribution in [-0.2, 0) is 24.8 Å². The van der Waals surface area contributed by atoms with E-state index < -0.39 is 7.60 Å². The Balaban J connectivity index is 2.39. The van der Waals surface area contributed by atoms with Gasteiger partial charge in [-0.15, -0.1) is 0 Å². The Morgan fingerprint density at radius 2 is 2.12 bits per heavy atom. The largest absolute Gasteiger partial charge is 0.337 e. The molecular formula is C10H15O4PS. The lowest BCUT2D eigenvalue weighted by Gasteiger charge is -2.12. The van der Waals surface area contributed by atoms with Crippen molar-refractivity contribution in [3.8, 4) is 0 Å². The Hall–Kier alpha value is -0.480. The van der Waals surface area contributed by atoms with E-state index in [1.165, 1.54) is 14.2 Å². The van der Waals surface area contributed by atoms with E-state index in [4.69, 9.17) is 9.05 Å². The summed E-state index contributed by atoms with van der Waals surface area (Å²) in [6.45, 7) is 0. The fourth-order valence-corrected chi connectivity index (χ4v) is 2.92. The van der Waals surface area contributed by atoms with E-state index in [1.54, 1.807) is 11.3 Å². The van der Waals surface area contributed by atoms with Crippen LogP contribution in [-0.4, -0.2) is 26.2 Å². The minimum atomic E-state index is -3.19. The first kappa shape index (κ1) is 13.6. The molecule has 0 fully saturated rings. The van der Waals surface area contributed by atoms with E-state index in [9.17, 15) is 9.36 Å². The molecule has 90 valence electrons. The highest BCUT2D eigenvalue weighted by Gasteiger charge is 2.24. The molecule has 0 saturated heterocycles. The lowest BCUT2D eigenvalue weighted by Crippen LogP contribution is -2.08. The summed E-state index contributed by atoms with van der Waals surface area (Å²) in [6.07, 6.45) is 0.896. The Morgan fingerprint density at radius 1 is 1.44 bits per heavy atom. The van der Waals surface area contributed by atoms with Crippen LogP contribution in [0.1, 0.15) is 12.0 Å². The topological polar surface area (TPSA) is 52.6 Å². The number of hydrogen-bond acceptors (Lipinski definition) is 5. The number of hydrogen-bond donors (Lipinski definition) is 0. The number of rotatable bonds is 7. The lowest BCUT2D eigenvalue weighted by atomic mass is 10.1. The number of carbonyl (C=O) groups is 1. The van der Waals surface area contributed by atoms with Gasteiger partial charge >= 0.3 is 7.60 Å². The van der Waals surface area contributed by atoms with Gasteiger partial charge in [0, 0.05) is 20.6 Å². The Kier molecular flexibility index (Phi) is 5.35. The van der Waals surface area contributed by atoms with Gasteiger partial charge in [0.25, 0.3) is 0 Å². The van der Waals surface area contributed by atoms with E-state index >= 15 is 0 Å². The number of aryl methyl sites for hydroxylation is 1. The minimum absolute atomic E-state index is 0.0989. The standard InChI is InChI=1S/C10H15O4PS/c1-13-15(12,14-2)7-10(11)4-3-9-5-6-16-8-9/h5-6,8H,3-4,7H2,1-2H3. The zero-order valence-electron chi connectivity index (χ0n) is 9.34. The van der Waals surface area contributed by atoms with Gasteiger partial charge < -0.3 is 9.05 Å². The molecule has 1 aromatic rings. The van der Waals surface area contributed by atoms with Gasteiger partial charge in [-0.25, -0.2) is 0 Å². The molecule has 0 radical (unpaired) electrons. The van der Waals surface area contributed by atoms with Crippen molar-refractivity contribution in [2.45, 2.75) is 12.8 Å². The molecule has 0 spiro atoms. The van der Waals surface area contributed by atoms with Crippen molar-refractivity contribution < 1.29 is 18.4 Å². The van der Waals surface area contributed by atoms with Crippen molar-refractivity contribution >= 4 is 24.7 Å². The predicted molar refractivity (Wildman–Crippen MR) is 64.1 cm³/mol. The van der Waals surface area contributed by atoms with Crippen LogP contribution < -0.4 is 0 Å². The van der Waals surface area contributed by atoms with Gasteiger partial charge in [-0.1, -0.05) is 0 Å².